The molecule has 0 unspecified atom stereocenters. The van der Waals surface area contributed by atoms with E-state index in [0.717, 1.165) is 50.8 Å². The van der Waals surface area contributed by atoms with Gasteiger partial charge in [-0.1, -0.05) is 42.5 Å². The summed E-state index contributed by atoms with van der Waals surface area (Å²) >= 11 is 0. The fraction of sp³-hybridized carbons (Fsp3) is 0.161. The van der Waals surface area contributed by atoms with Gasteiger partial charge in [0.1, 0.15) is 17.3 Å². The minimum Gasteiger partial charge on any atom is -0.497 e. The van der Waals surface area contributed by atoms with Crippen molar-refractivity contribution in [3.63, 3.8) is 0 Å². The summed E-state index contributed by atoms with van der Waals surface area (Å²) in [5.74, 6) is 1.35. The third-order valence-corrected chi connectivity index (χ3v) is 6.66. The van der Waals surface area contributed by atoms with Crippen LogP contribution in [0.4, 0.5) is 11.5 Å². The third kappa shape index (κ3) is 4.96. The fourth-order valence-electron chi connectivity index (χ4n) is 4.59. The number of nitrogens with zero attached hydrogens (tertiary/aromatic N) is 2. The Bertz CT molecular complexity index is 1580. The fourth-order valence-corrected chi connectivity index (χ4v) is 4.59. The second-order valence-corrected chi connectivity index (χ2v) is 9.25. The average Bonchev–Trinajstić information content (AvgIpc) is 3.32. The van der Waals surface area contributed by atoms with E-state index in [0.29, 0.717) is 24.3 Å². The molecule has 0 saturated carbocycles. The lowest BCUT2D eigenvalue weighted by Crippen LogP contribution is -2.23. The van der Waals surface area contributed by atoms with Gasteiger partial charge in [-0.15, -0.1) is 0 Å². The monoisotopic (exact) mass is 505 g/mol. The van der Waals surface area contributed by atoms with Crippen LogP contribution in [0.15, 0.2) is 85.1 Å². The molecule has 2 heterocycles. The second kappa shape index (κ2) is 10.8. The molecule has 0 bridgehead atoms. The van der Waals surface area contributed by atoms with Crippen LogP contribution in [0.1, 0.15) is 32.6 Å². The van der Waals surface area contributed by atoms with Crippen molar-refractivity contribution in [1.29, 1.82) is 0 Å². The average molecular weight is 506 g/mol. The summed E-state index contributed by atoms with van der Waals surface area (Å²) in [5.41, 5.74) is 13.8. The van der Waals surface area contributed by atoms with Crippen molar-refractivity contribution in [2.45, 2.75) is 26.9 Å². The van der Waals surface area contributed by atoms with Crippen LogP contribution >= 0.6 is 0 Å². The first-order valence-corrected chi connectivity index (χ1v) is 12.5. The zero-order valence-electron chi connectivity index (χ0n) is 21.8. The maximum absolute atomic E-state index is 13.4. The SMILES string of the molecule is COc1ccc(-c2nc3c(C(=O)NCc4cccc(CN)c4)cccn3c2Nc2c(C)cccc2C)cc1. The maximum Gasteiger partial charge on any atom is 0.255 e. The number of carbonyl (C=O) groups excluding carboxylic acids is 1. The summed E-state index contributed by atoms with van der Waals surface area (Å²) in [4.78, 5) is 18.3. The number of rotatable bonds is 8. The van der Waals surface area contributed by atoms with Gasteiger partial charge < -0.3 is 21.1 Å². The molecule has 5 rings (SSSR count). The number of aryl methyl sites for hydroxylation is 2. The van der Waals surface area contributed by atoms with E-state index in [-0.39, 0.29) is 5.91 Å². The van der Waals surface area contributed by atoms with Crippen molar-refractivity contribution in [2.75, 3.05) is 12.4 Å². The van der Waals surface area contributed by atoms with E-state index in [9.17, 15) is 4.79 Å². The molecule has 0 radical (unpaired) electrons. The van der Waals surface area contributed by atoms with Crippen molar-refractivity contribution in [2.24, 2.45) is 5.73 Å². The van der Waals surface area contributed by atoms with Crippen LogP contribution in [0, 0.1) is 13.8 Å². The molecule has 1 amide bonds. The second-order valence-electron chi connectivity index (χ2n) is 9.25. The minimum absolute atomic E-state index is 0.196. The van der Waals surface area contributed by atoms with Crippen molar-refractivity contribution < 1.29 is 9.53 Å². The van der Waals surface area contributed by atoms with Gasteiger partial charge in [0.15, 0.2) is 5.65 Å². The maximum atomic E-state index is 13.4. The van der Waals surface area contributed by atoms with E-state index in [4.69, 9.17) is 15.5 Å². The minimum atomic E-state index is -0.196. The highest BCUT2D eigenvalue weighted by atomic mass is 16.5. The first-order valence-electron chi connectivity index (χ1n) is 12.5. The number of pyridine rings is 1. The van der Waals surface area contributed by atoms with Gasteiger partial charge in [0.05, 0.1) is 12.7 Å². The van der Waals surface area contributed by atoms with Crippen molar-refractivity contribution in [3.05, 3.63) is 113 Å². The van der Waals surface area contributed by atoms with E-state index in [1.165, 1.54) is 0 Å². The number of fused-ring (bicyclic) bond motifs is 1. The molecule has 0 aliphatic rings. The Kier molecular flexibility index (Phi) is 7.11. The first kappa shape index (κ1) is 25.0. The number of methoxy groups -OCH3 is 1. The van der Waals surface area contributed by atoms with E-state index >= 15 is 0 Å². The zero-order valence-corrected chi connectivity index (χ0v) is 21.8. The van der Waals surface area contributed by atoms with Gasteiger partial charge >= 0.3 is 0 Å². The Labute approximate surface area is 222 Å². The molecule has 0 fully saturated rings. The summed E-state index contributed by atoms with van der Waals surface area (Å²) in [5, 5.41) is 6.66. The summed E-state index contributed by atoms with van der Waals surface area (Å²) in [6.07, 6.45) is 1.92. The van der Waals surface area contributed by atoms with Crippen molar-refractivity contribution >= 4 is 23.1 Å². The van der Waals surface area contributed by atoms with E-state index in [2.05, 4.69) is 36.6 Å². The van der Waals surface area contributed by atoms with Gasteiger partial charge in [0, 0.05) is 30.5 Å². The lowest BCUT2D eigenvalue weighted by atomic mass is 10.1. The molecule has 0 saturated heterocycles. The molecule has 192 valence electrons. The highest BCUT2D eigenvalue weighted by Crippen LogP contribution is 2.34. The number of anilines is 2. The number of hydrogen-bond acceptors (Lipinski definition) is 5. The molecule has 0 aliphatic carbocycles. The van der Waals surface area contributed by atoms with Crippen molar-refractivity contribution in [1.82, 2.24) is 14.7 Å². The van der Waals surface area contributed by atoms with Crippen LogP contribution in [-0.2, 0) is 13.1 Å². The van der Waals surface area contributed by atoms with Crippen LogP contribution in [0.3, 0.4) is 0 Å². The predicted molar refractivity (Wildman–Crippen MR) is 152 cm³/mol. The number of nitrogens with one attached hydrogen (secondary N) is 2. The molecule has 3 aromatic carbocycles. The number of amides is 1. The molecule has 7 heteroatoms. The van der Waals surface area contributed by atoms with Gasteiger partial charge in [-0.25, -0.2) is 4.98 Å². The number of para-hydroxylation sites is 1. The summed E-state index contributed by atoms with van der Waals surface area (Å²) < 4.78 is 7.29. The van der Waals surface area contributed by atoms with Crippen molar-refractivity contribution in [3.8, 4) is 17.0 Å². The number of ether oxygens (including phenoxy) is 1. The van der Waals surface area contributed by atoms with Crippen LogP contribution in [0.2, 0.25) is 0 Å². The summed E-state index contributed by atoms with van der Waals surface area (Å²) in [6, 6.07) is 25.5. The highest BCUT2D eigenvalue weighted by molar-refractivity contribution is 6.01. The molecule has 7 nitrogen and oxygen atoms in total. The smallest absolute Gasteiger partial charge is 0.255 e. The van der Waals surface area contributed by atoms with Gasteiger partial charge in [-0.3, -0.25) is 9.20 Å². The summed E-state index contributed by atoms with van der Waals surface area (Å²) in [7, 11) is 1.64. The van der Waals surface area contributed by atoms with E-state index in [1.54, 1.807) is 13.2 Å². The molecular weight excluding hydrogens is 474 g/mol. The molecule has 0 atom stereocenters. The van der Waals surface area contributed by atoms with E-state index in [1.807, 2.05) is 71.3 Å². The largest absolute Gasteiger partial charge is 0.497 e. The Balaban J connectivity index is 1.57. The normalized spacial score (nSPS) is 10.9. The number of imidazole rings is 1. The molecular formula is C31H31N5O2. The van der Waals surface area contributed by atoms with Gasteiger partial charge in [0.2, 0.25) is 0 Å². The van der Waals surface area contributed by atoms with Crippen LogP contribution in [0.25, 0.3) is 16.9 Å². The third-order valence-electron chi connectivity index (χ3n) is 6.66. The van der Waals surface area contributed by atoms with Crippen LogP contribution < -0.4 is 21.1 Å². The summed E-state index contributed by atoms with van der Waals surface area (Å²) in [6.45, 7) is 5.00. The van der Waals surface area contributed by atoms with Gasteiger partial charge in [0.25, 0.3) is 5.91 Å². The molecule has 38 heavy (non-hydrogen) atoms. The van der Waals surface area contributed by atoms with Gasteiger partial charge in [-0.05, 0) is 72.5 Å². The molecule has 0 aliphatic heterocycles. The molecule has 4 N–H and O–H groups in total. The molecule has 5 aromatic rings. The lowest BCUT2D eigenvalue weighted by Gasteiger charge is -2.14. The molecule has 2 aromatic heterocycles. The standard InChI is InChI=1S/C31H31N5O2/c1-20-7-4-8-21(2)27(20)34-30-28(24-12-14-25(38-3)15-13-24)35-29-26(11-6-16-36(29)30)31(37)33-19-23-10-5-9-22(17-23)18-32/h4-17,34H,18-19,32H2,1-3H3,(H,33,37). The Hall–Kier alpha value is -4.62. The highest BCUT2D eigenvalue weighted by Gasteiger charge is 2.20. The van der Waals surface area contributed by atoms with Crippen LogP contribution in [-0.4, -0.2) is 22.4 Å². The Morgan fingerprint density at radius 2 is 1.66 bits per heavy atom. The quantitative estimate of drug-likeness (QED) is 0.249. The first-order chi connectivity index (χ1) is 18.5. The number of benzene rings is 3. The number of carbonyl (C=O) groups is 1. The lowest BCUT2D eigenvalue weighted by molar-refractivity contribution is 0.0952. The Morgan fingerprint density at radius 1 is 0.947 bits per heavy atom. The predicted octanol–water partition coefficient (Wildman–Crippen LogP) is 5.76. The Morgan fingerprint density at radius 3 is 2.37 bits per heavy atom. The van der Waals surface area contributed by atoms with Gasteiger partial charge in [-0.2, -0.15) is 0 Å². The number of aromatic nitrogens is 2. The number of hydrogen-bond donors (Lipinski definition) is 3. The molecule has 0 spiro atoms. The van der Waals surface area contributed by atoms with Crippen LogP contribution in [0.5, 0.6) is 5.75 Å². The zero-order chi connectivity index (χ0) is 26.6. The number of nitrogens with two attached hydrogens (primary N) is 1. The topological polar surface area (TPSA) is 93.7 Å². The van der Waals surface area contributed by atoms with E-state index < -0.39 is 0 Å².